The van der Waals surface area contributed by atoms with Crippen molar-refractivity contribution in [3.63, 3.8) is 0 Å². The van der Waals surface area contributed by atoms with Crippen LogP contribution in [-0.4, -0.2) is 12.1 Å². The highest BCUT2D eigenvalue weighted by Crippen LogP contribution is 2.40. The third kappa shape index (κ3) is 0.616. The Bertz CT molecular complexity index is 140. The molecule has 0 N–H and O–H groups in total. The van der Waals surface area contributed by atoms with Crippen molar-refractivity contribution in [3.05, 3.63) is 11.1 Å². The molecule has 0 fully saturated rings. The highest BCUT2D eigenvalue weighted by Gasteiger charge is 2.48. The molecular weight excluding hydrogens is 140 g/mol. The number of hydrogen-bond acceptors (Lipinski definition) is 0. The van der Waals surface area contributed by atoms with Crippen molar-refractivity contribution in [3.8, 4) is 0 Å². The van der Waals surface area contributed by atoms with Crippen LogP contribution in [0.4, 0.5) is 13.2 Å². The smallest absolute Gasteiger partial charge is 0.234 e. The summed E-state index contributed by atoms with van der Waals surface area (Å²) in [5, 5.41) is -0.394. The summed E-state index contributed by atoms with van der Waals surface area (Å²) in [6, 6.07) is 0. The van der Waals surface area contributed by atoms with Crippen molar-refractivity contribution in [2.24, 2.45) is 0 Å². The van der Waals surface area contributed by atoms with E-state index in [1.54, 1.807) is 0 Å². The molecule has 8 heavy (non-hydrogen) atoms. The average molecular weight is 143 g/mol. The maximum absolute atomic E-state index is 11.7. The molecule has 1 atom stereocenters. The van der Waals surface area contributed by atoms with Crippen LogP contribution < -0.4 is 0 Å². The first kappa shape index (κ1) is 5.95. The Morgan fingerprint density at radius 2 is 2.12 bits per heavy atom. The second kappa shape index (κ2) is 1.41. The Morgan fingerprint density at radius 3 is 2.12 bits per heavy atom. The van der Waals surface area contributed by atoms with E-state index in [9.17, 15) is 13.2 Å². The lowest BCUT2D eigenvalue weighted by molar-refractivity contribution is -0.0310. The maximum atomic E-state index is 11.7. The fraction of sp³-hybridized carbons (Fsp3) is 0.500. The van der Waals surface area contributed by atoms with Gasteiger partial charge >= 0.3 is 5.92 Å². The van der Waals surface area contributed by atoms with Gasteiger partial charge in [0, 0.05) is 6.08 Å². The number of alkyl halides is 3. The van der Waals surface area contributed by atoms with E-state index in [1.807, 2.05) is 0 Å². The lowest BCUT2D eigenvalue weighted by atomic mass is 10.0. The standard InChI is InChI=1S/C4H2ClF3/c5-2-1-4(7,8)3(2)6/h1,3H. The first-order chi connectivity index (χ1) is 3.54. The summed E-state index contributed by atoms with van der Waals surface area (Å²) >= 11 is 4.89. The van der Waals surface area contributed by atoms with E-state index < -0.39 is 17.1 Å². The van der Waals surface area contributed by atoms with Crippen LogP contribution in [0.25, 0.3) is 0 Å². The second-order valence-electron chi connectivity index (χ2n) is 1.57. The minimum atomic E-state index is -3.31. The van der Waals surface area contributed by atoms with E-state index in [4.69, 9.17) is 11.6 Å². The molecule has 0 spiro atoms. The quantitative estimate of drug-likeness (QED) is 0.486. The fourth-order valence-electron chi connectivity index (χ4n) is 0.418. The molecule has 0 heterocycles. The Kier molecular flexibility index (Phi) is 1.05. The van der Waals surface area contributed by atoms with Gasteiger partial charge < -0.3 is 0 Å². The highest BCUT2D eigenvalue weighted by atomic mass is 35.5. The van der Waals surface area contributed by atoms with E-state index in [0.717, 1.165) is 0 Å². The van der Waals surface area contributed by atoms with Gasteiger partial charge in [-0.25, -0.2) is 4.39 Å². The van der Waals surface area contributed by atoms with Gasteiger partial charge in [0.2, 0.25) is 6.17 Å². The van der Waals surface area contributed by atoms with Crippen LogP contribution in [0.2, 0.25) is 0 Å². The largest absolute Gasteiger partial charge is 0.303 e. The zero-order valence-electron chi connectivity index (χ0n) is 3.67. The molecule has 46 valence electrons. The fourth-order valence-corrected chi connectivity index (χ4v) is 0.709. The van der Waals surface area contributed by atoms with E-state index in [1.165, 1.54) is 0 Å². The molecule has 0 saturated heterocycles. The molecule has 1 aliphatic rings. The molecule has 0 saturated carbocycles. The molecule has 1 rings (SSSR count). The summed E-state index contributed by atoms with van der Waals surface area (Å²) in [4.78, 5) is 0. The van der Waals surface area contributed by atoms with Gasteiger partial charge in [0.25, 0.3) is 0 Å². The van der Waals surface area contributed by atoms with Crippen LogP contribution in [-0.2, 0) is 0 Å². The van der Waals surface area contributed by atoms with Crippen LogP contribution in [0.5, 0.6) is 0 Å². The van der Waals surface area contributed by atoms with Gasteiger partial charge in [-0.3, -0.25) is 0 Å². The van der Waals surface area contributed by atoms with Crippen molar-refractivity contribution < 1.29 is 13.2 Å². The normalized spacial score (nSPS) is 33.5. The Balaban J connectivity index is 2.74. The van der Waals surface area contributed by atoms with Gasteiger partial charge in [-0.15, -0.1) is 0 Å². The minimum Gasteiger partial charge on any atom is -0.234 e. The zero-order valence-corrected chi connectivity index (χ0v) is 4.42. The molecule has 1 unspecified atom stereocenters. The Labute approximate surface area is 48.9 Å². The summed E-state index contributed by atoms with van der Waals surface area (Å²) in [5.74, 6) is -3.31. The zero-order chi connectivity index (χ0) is 6.36. The van der Waals surface area contributed by atoms with Gasteiger partial charge in [0.1, 0.15) is 0 Å². The van der Waals surface area contributed by atoms with Gasteiger partial charge in [0.15, 0.2) is 0 Å². The van der Waals surface area contributed by atoms with Crippen LogP contribution in [0.15, 0.2) is 11.1 Å². The monoisotopic (exact) mass is 142 g/mol. The first-order valence-electron chi connectivity index (χ1n) is 1.94. The predicted octanol–water partition coefficient (Wildman–Crippen LogP) is 2.10. The average Bonchev–Trinajstić information content (AvgIpc) is 1.65. The molecule has 0 radical (unpaired) electrons. The van der Waals surface area contributed by atoms with Crippen molar-refractivity contribution >= 4 is 11.6 Å². The van der Waals surface area contributed by atoms with Crippen molar-refractivity contribution in [2.45, 2.75) is 12.1 Å². The summed E-state index contributed by atoms with van der Waals surface area (Å²) in [7, 11) is 0. The molecule has 0 aliphatic heterocycles. The third-order valence-corrected chi connectivity index (χ3v) is 1.21. The van der Waals surface area contributed by atoms with Crippen molar-refractivity contribution in [1.29, 1.82) is 0 Å². The van der Waals surface area contributed by atoms with Crippen molar-refractivity contribution in [2.75, 3.05) is 0 Å². The predicted molar refractivity (Wildman–Crippen MR) is 23.8 cm³/mol. The third-order valence-electron chi connectivity index (χ3n) is 0.910. The molecule has 0 amide bonds. The second-order valence-corrected chi connectivity index (χ2v) is 2.00. The molecule has 4 heteroatoms. The molecule has 0 aromatic heterocycles. The van der Waals surface area contributed by atoms with Gasteiger partial charge in [-0.2, -0.15) is 8.78 Å². The van der Waals surface area contributed by atoms with E-state index in [-0.39, 0.29) is 0 Å². The number of halogens is 4. The molecule has 1 aliphatic carbocycles. The summed E-state index contributed by atoms with van der Waals surface area (Å²) in [5.41, 5.74) is 0. The van der Waals surface area contributed by atoms with Gasteiger partial charge in [0.05, 0.1) is 5.03 Å². The lowest BCUT2D eigenvalue weighted by Gasteiger charge is -2.24. The number of allylic oxidation sites excluding steroid dienone is 2. The van der Waals surface area contributed by atoms with Crippen LogP contribution in [0.1, 0.15) is 0 Å². The van der Waals surface area contributed by atoms with Gasteiger partial charge in [-0.1, -0.05) is 11.6 Å². The lowest BCUT2D eigenvalue weighted by Crippen LogP contribution is -2.36. The molecule has 0 nitrogen and oxygen atoms in total. The molecular formula is C4H2ClF3. The molecule has 0 bridgehead atoms. The van der Waals surface area contributed by atoms with Gasteiger partial charge in [-0.05, 0) is 0 Å². The van der Waals surface area contributed by atoms with E-state index in [2.05, 4.69) is 0 Å². The van der Waals surface area contributed by atoms with Crippen LogP contribution >= 0.6 is 11.6 Å². The first-order valence-corrected chi connectivity index (χ1v) is 2.32. The van der Waals surface area contributed by atoms with Crippen LogP contribution in [0, 0.1) is 0 Å². The molecule has 0 aromatic carbocycles. The Morgan fingerprint density at radius 1 is 1.62 bits per heavy atom. The summed E-state index contributed by atoms with van der Waals surface area (Å²) in [6.07, 6.45) is -1.86. The topological polar surface area (TPSA) is 0 Å². The summed E-state index contributed by atoms with van der Waals surface area (Å²) in [6.45, 7) is 0. The van der Waals surface area contributed by atoms with E-state index in [0.29, 0.717) is 6.08 Å². The molecule has 0 aromatic rings. The number of hydrogen-bond donors (Lipinski definition) is 0. The number of rotatable bonds is 0. The van der Waals surface area contributed by atoms with Crippen LogP contribution in [0.3, 0.4) is 0 Å². The Hall–Kier alpha value is -0.180. The van der Waals surface area contributed by atoms with E-state index >= 15 is 0 Å². The maximum Gasteiger partial charge on any atom is 0.303 e. The van der Waals surface area contributed by atoms with Crippen molar-refractivity contribution in [1.82, 2.24) is 0 Å². The summed E-state index contributed by atoms with van der Waals surface area (Å²) < 4.78 is 35.0. The minimum absolute atomic E-state index is 0.394. The highest BCUT2D eigenvalue weighted by molar-refractivity contribution is 6.31. The SMILES string of the molecule is FC1C(Cl)=CC1(F)F.